The number of imidazole rings is 1. The zero-order chi connectivity index (χ0) is 12.0. The van der Waals surface area contributed by atoms with Crippen molar-refractivity contribution in [1.29, 1.82) is 0 Å². The maximum absolute atomic E-state index is 11.8. The van der Waals surface area contributed by atoms with Gasteiger partial charge in [0, 0.05) is 12.5 Å². The standard InChI is InChI=1S/C13H14N2O2/c1-8(16)6-9-2-5-12-11(7-9)14-13(17)15(12)10-3-4-10/h2,5,7,10H,3-4,6H2,1H3,(H,14,17). The number of hydrogen-bond donors (Lipinski definition) is 1. The van der Waals surface area contributed by atoms with Crippen LogP contribution in [0.3, 0.4) is 0 Å². The Bertz CT molecular complexity index is 647. The fourth-order valence-electron chi connectivity index (χ4n) is 2.27. The lowest BCUT2D eigenvalue weighted by Gasteiger charge is -2.01. The molecule has 0 spiro atoms. The van der Waals surface area contributed by atoms with Crippen LogP contribution in [0.2, 0.25) is 0 Å². The first-order valence-corrected chi connectivity index (χ1v) is 5.88. The molecular weight excluding hydrogens is 216 g/mol. The van der Waals surface area contributed by atoms with Crippen LogP contribution in [0.5, 0.6) is 0 Å². The van der Waals surface area contributed by atoms with Gasteiger partial charge in [0.1, 0.15) is 5.78 Å². The third-order valence-electron chi connectivity index (χ3n) is 3.15. The molecule has 0 aliphatic heterocycles. The van der Waals surface area contributed by atoms with Gasteiger partial charge >= 0.3 is 5.69 Å². The van der Waals surface area contributed by atoms with Crippen molar-refractivity contribution in [2.75, 3.05) is 0 Å². The Labute approximate surface area is 98.3 Å². The second-order valence-electron chi connectivity index (χ2n) is 4.76. The lowest BCUT2D eigenvalue weighted by molar-refractivity contribution is -0.116. The minimum Gasteiger partial charge on any atom is -0.306 e. The number of fused-ring (bicyclic) bond motifs is 1. The number of carbonyl (C=O) groups excluding carboxylic acids is 1. The van der Waals surface area contributed by atoms with Crippen LogP contribution in [-0.4, -0.2) is 15.3 Å². The molecule has 4 nitrogen and oxygen atoms in total. The van der Waals surface area contributed by atoms with Gasteiger partial charge < -0.3 is 4.98 Å². The van der Waals surface area contributed by atoms with Crippen LogP contribution >= 0.6 is 0 Å². The highest BCUT2D eigenvalue weighted by Crippen LogP contribution is 2.35. The average molecular weight is 230 g/mol. The largest absolute Gasteiger partial charge is 0.326 e. The number of aromatic nitrogens is 2. The SMILES string of the molecule is CC(=O)Cc1ccc2c(c1)[nH]c(=O)n2C1CC1. The smallest absolute Gasteiger partial charge is 0.306 e. The van der Waals surface area contributed by atoms with Gasteiger partial charge in [-0.15, -0.1) is 0 Å². The maximum atomic E-state index is 11.8. The molecule has 4 heteroatoms. The summed E-state index contributed by atoms with van der Waals surface area (Å²) in [7, 11) is 0. The number of carbonyl (C=O) groups is 1. The summed E-state index contributed by atoms with van der Waals surface area (Å²) in [4.78, 5) is 25.7. The third kappa shape index (κ3) is 1.79. The van der Waals surface area contributed by atoms with E-state index in [0.29, 0.717) is 12.5 Å². The highest BCUT2D eigenvalue weighted by atomic mass is 16.1. The Morgan fingerprint density at radius 2 is 2.24 bits per heavy atom. The predicted octanol–water partition coefficient (Wildman–Crippen LogP) is 1.80. The molecule has 2 aromatic rings. The van der Waals surface area contributed by atoms with E-state index in [0.717, 1.165) is 29.4 Å². The van der Waals surface area contributed by atoms with Crippen LogP contribution in [0.25, 0.3) is 11.0 Å². The van der Waals surface area contributed by atoms with Crippen LogP contribution in [0.1, 0.15) is 31.4 Å². The summed E-state index contributed by atoms with van der Waals surface area (Å²) in [6.07, 6.45) is 2.59. The average Bonchev–Trinajstić information content (AvgIpc) is 3.00. The summed E-state index contributed by atoms with van der Waals surface area (Å²) in [6.45, 7) is 1.57. The van der Waals surface area contributed by atoms with Crippen molar-refractivity contribution >= 4 is 16.8 Å². The molecule has 1 N–H and O–H groups in total. The highest BCUT2D eigenvalue weighted by molar-refractivity contribution is 5.81. The van der Waals surface area contributed by atoms with Crippen LogP contribution in [0, 0.1) is 0 Å². The number of hydrogen-bond acceptors (Lipinski definition) is 2. The van der Waals surface area contributed by atoms with Gasteiger partial charge in [-0.2, -0.15) is 0 Å². The summed E-state index contributed by atoms with van der Waals surface area (Å²) in [5.41, 5.74) is 2.70. The number of ketones is 1. The minimum atomic E-state index is -0.0394. The number of rotatable bonds is 3. The molecule has 88 valence electrons. The van der Waals surface area contributed by atoms with Crippen molar-refractivity contribution in [2.24, 2.45) is 0 Å². The Hall–Kier alpha value is -1.84. The fraction of sp³-hybridized carbons (Fsp3) is 0.385. The quantitative estimate of drug-likeness (QED) is 0.874. The molecule has 1 aliphatic rings. The maximum Gasteiger partial charge on any atom is 0.326 e. The van der Waals surface area contributed by atoms with Crippen molar-refractivity contribution in [2.45, 2.75) is 32.2 Å². The Morgan fingerprint density at radius 3 is 2.88 bits per heavy atom. The summed E-state index contributed by atoms with van der Waals surface area (Å²) in [5, 5.41) is 0. The third-order valence-corrected chi connectivity index (χ3v) is 3.15. The molecule has 1 saturated carbocycles. The van der Waals surface area contributed by atoms with Gasteiger partial charge in [0.05, 0.1) is 11.0 Å². The summed E-state index contributed by atoms with van der Waals surface area (Å²) in [5.74, 6) is 0.133. The first kappa shape index (κ1) is 10.3. The lowest BCUT2D eigenvalue weighted by Crippen LogP contribution is -2.14. The van der Waals surface area contributed by atoms with Crippen molar-refractivity contribution < 1.29 is 4.79 Å². The molecule has 1 fully saturated rings. The molecule has 0 amide bonds. The highest BCUT2D eigenvalue weighted by Gasteiger charge is 2.27. The van der Waals surface area contributed by atoms with E-state index in [9.17, 15) is 9.59 Å². The minimum absolute atomic E-state index is 0.0394. The van der Waals surface area contributed by atoms with E-state index in [1.807, 2.05) is 22.8 Å². The monoisotopic (exact) mass is 230 g/mol. The molecule has 3 rings (SSSR count). The molecule has 1 heterocycles. The number of nitrogens with one attached hydrogen (secondary N) is 1. The molecule has 0 atom stereocenters. The van der Waals surface area contributed by atoms with Gasteiger partial charge in [0.15, 0.2) is 0 Å². The van der Waals surface area contributed by atoms with Crippen molar-refractivity contribution in [3.8, 4) is 0 Å². The molecule has 17 heavy (non-hydrogen) atoms. The summed E-state index contributed by atoms with van der Waals surface area (Å²) < 4.78 is 1.83. The molecule has 1 aromatic heterocycles. The normalized spacial score (nSPS) is 15.4. The van der Waals surface area contributed by atoms with Crippen LogP contribution in [-0.2, 0) is 11.2 Å². The van der Waals surface area contributed by atoms with Crippen molar-refractivity contribution in [3.63, 3.8) is 0 Å². The van der Waals surface area contributed by atoms with E-state index < -0.39 is 0 Å². The van der Waals surface area contributed by atoms with Gasteiger partial charge in [0.2, 0.25) is 0 Å². The van der Waals surface area contributed by atoms with Crippen LogP contribution in [0.15, 0.2) is 23.0 Å². The number of aromatic amines is 1. The second kappa shape index (κ2) is 3.58. The van der Waals surface area contributed by atoms with Gasteiger partial charge in [-0.3, -0.25) is 9.36 Å². The molecule has 1 aromatic carbocycles. The molecular formula is C13H14N2O2. The first-order valence-electron chi connectivity index (χ1n) is 5.88. The molecule has 1 aliphatic carbocycles. The predicted molar refractivity (Wildman–Crippen MR) is 65.2 cm³/mol. The first-order chi connectivity index (χ1) is 8.15. The zero-order valence-electron chi connectivity index (χ0n) is 9.69. The fourth-order valence-corrected chi connectivity index (χ4v) is 2.27. The van der Waals surface area contributed by atoms with E-state index in [-0.39, 0.29) is 11.5 Å². The van der Waals surface area contributed by atoms with Gasteiger partial charge in [-0.1, -0.05) is 6.07 Å². The zero-order valence-corrected chi connectivity index (χ0v) is 9.69. The molecule has 0 radical (unpaired) electrons. The van der Waals surface area contributed by atoms with Gasteiger partial charge in [0.25, 0.3) is 0 Å². The van der Waals surface area contributed by atoms with E-state index in [1.165, 1.54) is 0 Å². The summed E-state index contributed by atoms with van der Waals surface area (Å²) >= 11 is 0. The second-order valence-corrected chi connectivity index (χ2v) is 4.76. The van der Waals surface area contributed by atoms with E-state index in [4.69, 9.17) is 0 Å². The number of H-pyrrole nitrogens is 1. The van der Waals surface area contributed by atoms with Crippen molar-refractivity contribution in [1.82, 2.24) is 9.55 Å². The summed E-state index contributed by atoms with van der Waals surface area (Å²) in [6, 6.07) is 6.13. The lowest BCUT2D eigenvalue weighted by atomic mass is 10.1. The van der Waals surface area contributed by atoms with E-state index >= 15 is 0 Å². The van der Waals surface area contributed by atoms with Gasteiger partial charge in [-0.25, -0.2) is 4.79 Å². The van der Waals surface area contributed by atoms with Gasteiger partial charge in [-0.05, 0) is 37.5 Å². The number of Topliss-reactive ketones (excluding diaryl/α,β-unsaturated/α-hetero) is 1. The number of benzene rings is 1. The Balaban J connectivity index is 2.12. The molecule has 0 saturated heterocycles. The van der Waals surface area contributed by atoms with E-state index in [1.54, 1.807) is 6.92 Å². The van der Waals surface area contributed by atoms with E-state index in [2.05, 4.69) is 4.98 Å². The topological polar surface area (TPSA) is 54.9 Å². The Kier molecular flexibility index (Phi) is 2.18. The van der Waals surface area contributed by atoms with Crippen LogP contribution < -0.4 is 5.69 Å². The number of nitrogens with zero attached hydrogens (tertiary/aromatic N) is 1. The van der Waals surface area contributed by atoms with Crippen molar-refractivity contribution in [3.05, 3.63) is 34.2 Å². The molecule has 0 unspecified atom stereocenters. The van der Waals surface area contributed by atoms with Crippen LogP contribution in [0.4, 0.5) is 0 Å². The molecule has 0 bridgehead atoms. The Morgan fingerprint density at radius 1 is 1.47 bits per heavy atom.